The van der Waals surface area contributed by atoms with Crippen LogP contribution >= 0.6 is 0 Å². The molecule has 1 aliphatic rings. The molecule has 6 nitrogen and oxygen atoms in total. The third kappa shape index (κ3) is 5.24. The van der Waals surface area contributed by atoms with Gasteiger partial charge in [-0.25, -0.2) is 9.59 Å². The highest BCUT2D eigenvalue weighted by atomic mass is 19.4. The maximum absolute atomic E-state index is 11.9. The first kappa shape index (κ1) is 16.5. The lowest BCUT2D eigenvalue weighted by Crippen LogP contribution is -2.59. The molecule has 0 unspecified atom stereocenters. The summed E-state index contributed by atoms with van der Waals surface area (Å²) in [5, 5.41) is 13.7. The highest BCUT2D eigenvalue weighted by molar-refractivity contribution is 5.86. The molecule has 116 valence electrons. The summed E-state index contributed by atoms with van der Waals surface area (Å²) in [5.41, 5.74) is -1.41. The van der Waals surface area contributed by atoms with Crippen molar-refractivity contribution in [3.8, 4) is 0 Å². The summed E-state index contributed by atoms with van der Waals surface area (Å²) in [5.74, 6) is -1.17. The molecule has 9 heteroatoms. The number of carboxylic acids is 1. The minimum atomic E-state index is -4.26. The molecular formula is C11H17F3N2O4. The smallest absolute Gasteiger partial charge is 0.389 e. The Morgan fingerprint density at radius 3 is 2.35 bits per heavy atom. The summed E-state index contributed by atoms with van der Waals surface area (Å²) >= 11 is 0. The molecule has 0 spiro atoms. The molecule has 2 amide bonds. The lowest BCUT2D eigenvalue weighted by molar-refractivity contribution is -0.148. The van der Waals surface area contributed by atoms with E-state index < -0.39 is 30.1 Å². The Morgan fingerprint density at radius 1 is 1.25 bits per heavy atom. The molecule has 0 aromatic rings. The molecule has 20 heavy (non-hydrogen) atoms. The van der Waals surface area contributed by atoms with Crippen molar-refractivity contribution < 1.29 is 32.6 Å². The zero-order valence-electron chi connectivity index (χ0n) is 10.8. The van der Waals surface area contributed by atoms with Gasteiger partial charge in [-0.05, 0) is 6.42 Å². The maximum Gasteiger partial charge on any atom is 0.389 e. The number of hydrogen-bond acceptors (Lipinski definition) is 3. The minimum Gasteiger partial charge on any atom is -0.480 e. The standard InChI is InChI=1S/C11H17F3N2O4/c12-11(13,14)2-1-5-15-9(19)16-10(8(17)18)3-6-20-7-4-10/h1-7H2,(H,17,18)(H2,15,16,19). The molecule has 0 radical (unpaired) electrons. The fourth-order valence-corrected chi connectivity index (χ4v) is 1.86. The molecular weight excluding hydrogens is 281 g/mol. The Balaban J connectivity index is 2.37. The second kappa shape index (κ2) is 6.78. The molecule has 0 bridgehead atoms. The van der Waals surface area contributed by atoms with Gasteiger partial charge in [0.1, 0.15) is 5.54 Å². The van der Waals surface area contributed by atoms with E-state index in [2.05, 4.69) is 10.6 Å². The number of ether oxygens (including phenoxy) is 1. The van der Waals surface area contributed by atoms with Crippen molar-refractivity contribution in [1.82, 2.24) is 10.6 Å². The summed E-state index contributed by atoms with van der Waals surface area (Å²) in [4.78, 5) is 22.8. The number of nitrogens with one attached hydrogen (secondary N) is 2. The van der Waals surface area contributed by atoms with Crippen LogP contribution in [0, 0.1) is 0 Å². The predicted molar refractivity (Wildman–Crippen MR) is 62.2 cm³/mol. The molecule has 1 heterocycles. The first-order valence-corrected chi connectivity index (χ1v) is 6.19. The predicted octanol–water partition coefficient (Wildman–Crippen LogP) is 1.26. The first-order chi connectivity index (χ1) is 9.25. The van der Waals surface area contributed by atoms with Gasteiger partial charge in [-0.3, -0.25) is 0 Å². The van der Waals surface area contributed by atoms with E-state index in [0.29, 0.717) is 0 Å². The molecule has 1 rings (SSSR count). The van der Waals surface area contributed by atoms with Crippen molar-refractivity contribution in [3.63, 3.8) is 0 Å². The van der Waals surface area contributed by atoms with Crippen molar-refractivity contribution in [2.75, 3.05) is 19.8 Å². The van der Waals surface area contributed by atoms with E-state index in [4.69, 9.17) is 9.84 Å². The molecule has 0 aromatic heterocycles. The fourth-order valence-electron chi connectivity index (χ4n) is 1.86. The number of alkyl halides is 3. The van der Waals surface area contributed by atoms with E-state index in [1.165, 1.54) is 0 Å². The van der Waals surface area contributed by atoms with Crippen molar-refractivity contribution >= 4 is 12.0 Å². The average Bonchev–Trinajstić information content (AvgIpc) is 2.34. The Kier molecular flexibility index (Phi) is 5.61. The average molecular weight is 298 g/mol. The van der Waals surface area contributed by atoms with Crippen LogP contribution in [0.2, 0.25) is 0 Å². The van der Waals surface area contributed by atoms with Gasteiger partial charge in [0.05, 0.1) is 0 Å². The normalized spacial score (nSPS) is 18.4. The van der Waals surface area contributed by atoms with Crippen LogP contribution in [0.15, 0.2) is 0 Å². The van der Waals surface area contributed by atoms with Gasteiger partial charge in [-0.2, -0.15) is 13.2 Å². The molecule has 1 saturated heterocycles. The van der Waals surface area contributed by atoms with E-state index in [1.54, 1.807) is 0 Å². The number of carboxylic acid groups (broad SMARTS) is 1. The summed E-state index contributed by atoms with van der Waals surface area (Å²) in [7, 11) is 0. The van der Waals surface area contributed by atoms with Crippen molar-refractivity contribution in [1.29, 1.82) is 0 Å². The summed E-state index contributed by atoms with van der Waals surface area (Å²) < 4.78 is 40.7. The zero-order chi connectivity index (χ0) is 15.2. The quantitative estimate of drug-likeness (QED) is 0.667. The van der Waals surface area contributed by atoms with Crippen LogP contribution in [0.5, 0.6) is 0 Å². The van der Waals surface area contributed by atoms with Crippen LogP contribution in [0.25, 0.3) is 0 Å². The third-order valence-electron chi connectivity index (χ3n) is 3.03. The number of amides is 2. The van der Waals surface area contributed by atoms with Gasteiger partial charge in [-0.15, -0.1) is 0 Å². The molecule has 0 aliphatic carbocycles. The van der Waals surface area contributed by atoms with Crippen LogP contribution in [0.3, 0.4) is 0 Å². The van der Waals surface area contributed by atoms with Gasteiger partial charge in [0, 0.05) is 39.0 Å². The summed E-state index contributed by atoms with van der Waals surface area (Å²) in [6, 6.07) is -0.781. The highest BCUT2D eigenvalue weighted by Crippen LogP contribution is 2.22. The number of hydrogen-bond donors (Lipinski definition) is 3. The monoisotopic (exact) mass is 298 g/mol. The highest BCUT2D eigenvalue weighted by Gasteiger charge is 2.41. The van der Waals surface area contributed by atoms with E-state index in [1.807, 2.05) is 0 Å². The Labute approximate surface area is 113 Å². The number of urea groups is 1. The number of carbonyl (C=O) groups excluding carboxylic acids is 1. The summed E-state index contributed by atoms with van der Waals surface area (Å²) in [6.07, 6.45) is -5.26. The van der Waals surface area contributed by atoms with Gasteiger partial charge in [0.15, 0.2) is 0 Å². The van der Waals surface area contributed by atoms with Crippen LogP contribution in [-0.2, 0) is 9.53 Å². The zero-order valence-corrected chi connectivity index (χ0v) is 10.8. The lowest BCUT2D eigenvalue weighted by atomic mass is 9.90. The number of aliphatic carboxylic acids is 1. The van der Waals surface area contributed by atoms with E-state index in [0.717, 1.165) is 0 Å². The van der Waals surface area contributed by atoms with Crippen molar-refractivity contribution in [3.05, 3.63) is 0 Å². The van der Waals surface area contributed by atoms with Gasteiger partial charge < -0.3 is 20.5 Å². The summed E-state index contributed by atoms with van der Waals surface area (Å²) in [6.45, 7) is 0.249. The Bertz CT molecular complexity index is 354. The van der Waals surface area contributed by atoms with Crippen LogP contribution in [0.4, 0.5) is 18.0 Å². The Morgan fingerprint density at radius 2 is 1.85 bits per heavy atom. The van der Waals surface area contributed by atoms with Crippen LogP contribution in [-0.4, -0.2) is 48.6 Å². The lowest BCUT2D eigenvalue weighted by Gasteiger charge is -2.33. The third-order valence-corrected chi connectivity index (χ3v) is 3.03. The number of halogens is 3. The fraction of sp³-hybridized carbons (Fsp3) is 0.818. The molecule has 0 saturated carbocycles. The van der Waals surface area contributed by atoms with Gasteiger partial charge in [0.25, 0.3) is 0 Å². The SMILES string of the molecule is O=C(NCCCC(F)(F)F)NC1(C(=O)O)CCOCC1. The second-order valence-electron chi connectivity index (χ2n) is 4.60. The van der Waals surface area contributed by atoms with Crippen LogP contribution < -0.4 is 10.6 Å². The number of rotatable bonds is 5. The molecule has 1 aliphatic heterocycles. The minimum absolute atomic E-state index is 0.123. The maximum atomic E-state index is 11.9. The van der Waals surface area contributed by atoms with E-state index in [-0.39, 0.29) is 39.0 Å². The molecule has 0 aromatic carbocycles. The molecule has 3 N–H and O–H groups in total. The van der Waals surface area contributed by atoms with Gasteiger partial charge in [0.2, 0.25) is 0 Å². The molecule has 1 fully saturated rings. The van der Waals surface area contributed by atoms with Crippen molar-refractivity contribution in [2.45, 2.75) is 37.4 Å². The molecule has 0 atom stereocenters. The second-order valence-corrected chi connectivity index (χ2v) is 4.60. The van der Waals surface area contributed by atoms with E-state index in [9.17, 15) is 22.8 Å². The van der Waals surface area contributed by atoms with Gasteiger partial charge in [-0.1, -0.05) is 0 Å². The van der Waals surface area contributed by atoms with Crippen LogP contribution in [0.1, 0.15) is 25.7 Å². The first-order valence-electron chi connectivity index (χ1n) is 6.19. The largest absolute Gasteiger partial charge is 0.480 e. The van der Waals surface area contributed by atoms with Crippen molar-refractivity contribution in [2.24, 2.45) is 0 Å². The topological polar surface area (TPSA) is 87.7 Å². The Hall–Kier alpha value is -1.51. The van der Waals surface area contributed by atoms with E-state index >= 15 is 0 Å². The van der Waals surface area contributed by atoms with Gasteiger partial charge >= 0.3 is 18.2 Å². The number of carbonyl (C=O) groups is 2.